The van der Waals surface area contributed by atoms with Crippen LogP contribution in [0.1, 0.15) is 66.2 Å². The lowest BCUT2D eigenvalue weighted by atomic mass is 9.89. The SMILES string of the molecule is CC(C)C(O)CC(=O)NC(C)(C)C(=O)NCC1CCCCC1. The van der Waals surface area contributed by atoms with Gasteiger partial charge in [-0.25, -0.2) is 0 Å². The predicted octanol–water partition coefficient (Wildman–Crippen LogP) is 1.98. The average molecular weight is 312 g/mol. The van der Waals surface area contributed by atoms with Gasteiger partial charge in [0.2, 0.25) is 11.8 Å². The van der Waals surface area contributed by atoms with Gasteiger partial charge in [0.15, 0.2) is 0 Å². The molecular formula is C17H32N2O3. The highest BCUT2D eigenvalue weighted by molar-refractivity contribution is 5.90. The van der Waals surface area contributed by atoms with Gasteiger partial charge < -0.3 is 15.7 Å². The summed E-state index contributed by atoms with van der Waals surface area (Å²) in [5.41, 5.74) is -0.956. The molecule has 0 aromatic rings. The minimum atomic E-state index is -0.956. The van der Waals surface area contributed by atoms with Crippen molar-refractivity contribution in [1.29, 1.82) is 0 Å². The number of nitrogens with one attached hydrogen (secondary N) is 2. The van der Waals surface area contributed by atoms with E-state index >= 15 is 0 Å². The molecule has 0 radical (unpaired) electrons. The van der Waals surface area contributed by atoms with Crippen molar-refractivity contribution in [3.8, 4) is 0 Å². The fourth-order valence-corrected chi connectivity index (χ4v) is 2.73. The number of rotatable bonds is 7. The quantitative estimate of drug-likeness (QED) is 0.672. The molecule has 5 heteroatoms. The van der Waals surface area contributed by atoms with Crippen LogP contribution in [0.4, 0.5) is 0 Å². The summed E-state index contributed by atoms with van der Waals surface area (Å²) in [6.45, 7) is 7.80. The Morgan fingerprint density at radius 2 is 1.77 bits per heavy atom. The summed E-state index contributed by atoms with van der Waals surface area (Å²) in [4.78, 5) is 24.2. The fraction of sp³-hybridized carbons (Fsp3) is 0.882. The standard InChI is InChI=1S/C17H32N2O3/c1-12(2)14(20)10-15(21)19-17(3,4)16(22)18-11-13-8-6-5-7-9-13/h12-14,20H,5-11H2,1-4H3,(H,18,22)(H,19,21). The van der Waals surface area contributed by atoms with Gasteiger partial charge in [-0.2, -0.15) is 0 Å². The van der Waals surface area contributed by atoms with Gasteiger partial charge in [-0.3, -0.25) is 9.59 Å². The summed E-state index contributed by atoms with van der Waals surface area (Å²) in [5, 5.41) is 15.4. The van der Waals surface area contributed by atoms with Crippen molar-refractivity contribution in [1.82, 2.24) is 10.6 Å². The Bertz CT molecular complexity index is 374. The van der Waals surface area contributed by atoms with E-state index in [0.29, 0.717) is 12.5 Å². The third kappa shape index (κ3) is 6.34. The van der Waals surface area contributed by atoms with Crippen molar-refractivity contribution >= 4 is 11.8 Å². The third-order valence-electron chi connectivity index (χ3n) is 4.46. The zero-order valence-corrected chi connectivity index (χ0v) is 14.4. The topological polar surface area (TPSA) is 78.4 Å². The number of hydrogen-bond acceptors (Lipinski definition) is 3. The molecule has 1 fully saturated rings. The van der Waals surface area contributed by atoms with Crippen LogP contribution < -0.4 is 10.6 Å². The number of hydrogen-bond donors (Lipinski definition) is 3. The maximum atomic E-state index is 12.3. The van der Waals surface area contributed by atoms with Crippen LogP contribution >= 0.6 is 0 Å². The van der Waals surface area contributed by atoms with Gasteiger partial charge in [0, 0.05) is 6.54 Å². The Hall–Kier alpha value is -1.10. The van der Waals surface area contributed by atoms with Gasteiger partial charge in [-0.15, -0.1) is 0 Å². The molecule has 1 saturated carbocycles. The smallest absolute Gasteiger partial charge is 0.245 e. The van der Waals surface area contributed by atoms with Crippen molar-refractivity contribution in [2.75, 3.05) is 6.54 Å². The lowest BCUT2D eigenvalue weighted by Gasteiger charge is -2.28. The number of aliphatic hydroxyl groups excluding tert-OH is 1. The zero-order valence-electron chi connectivity index (χ0n) is 14.4. The highest BCUT2D eigenvalue weighted by atomic mass is 16.3. The first-order valence-electron chi connectivity index (χ1n) is 8.49. The second-order valence-corrected chi connectivity index (χ2v) is 7.40. The van der Waals surface area contributed by atoms with Gasteiger partial charge in [0.1, 0.15) is 5.54 Å². The Morgan fingerprint density at radius 1 is 1.18 bits per heavy atom. The highest BCUT2D eigenvalue weighted by Crippen LogP contribution is 2.22. The second-order valence-electron chi connectivity index (χ2n) is 7.40. The second kappa shape index (κ2) is 8.51. The predicted molar refractivity (Wildman–Crippen MR) is 87.3 cm³/mol. The van der Waals surface area contributed by atoms with E-state index in [0.717, 1.165) is 0 Å². The molecule has 0 aliphatic heterocycles. The van der Waals surface area contributed by atoms with Gasteiger partial charge in [-0.1, -0.05) is 33.1 Å². The van der Waals surface area contributed by atoms with E-state index < -0.39 is 11.6 Å². The Kier molecular flexibility index (Phi) is 7.33. The molecular weight excluding hydrogens is 280 g/mol. The van der Waals surface area contributed by atoms with Crippen LogP contribution in [-0.4, -0.2) is 35.1 Å². The van der Waals surface area contributed by atoms with E-state index in [4.69, 9.17) is 0 Å². The van der Waals surface area contributed by atoms with Gasteiger partial charge in [0.25, 0.3) is 0 Å². The molecule has 1 atom stereocenters. The van der Waals surface area contributed by atoms with Gasteiger partial charge in [-0.05, 0) is 38.5 Å². The molecule has 1 aliphatic rings. The molecule has 2 amide bonds. The van der Waals surface area contributed by atoms with E-state index in [1.54, 1.807) is 13.8 Å². The normalized spacial score (nSPS) is 18.1. The molecule has 0 heterocycles. The highest BCUT2D eigenvalue weighted by Gasteiger charge is 2.30. The molecule has 1 unspecified atom stereocenters. The summed E-state index contributed by atoms with van der Waals surface area (Å²) in [5.74, 6) is 0.130. The van der Waals surface area contributed by atoms with E-state index in [1.807, 2.05) is 13.8 Å². The molecule has 128 valence electrons. The first-order chi connectivity index (χ1) is 10.2. The van der Waals surface area contributed by atoms with E-state index in [9.17, 15) is 14.7 Å². The summed E-state index contributed by atoms with van der Waals surface area (Å²) in [6.07, 6.45) is 5.48. The minimum absolute atomic E-state index is 0.0222. The number of aliphatic hydroxyl groups is 1. The van der Waals surface area contributed by atoms with Crippen molar-refractivity contribution < 1.29 is 14.7 Å². The molecule has 0 aromatic carbocycles. The summed E-state index contributed by atoms with van der Waals surface area (Å²) in [6, 6.07) is 0. The van der Waals surface area contributed by atoms with Crippen LogP contribution in [0.25, 0.3) is 0 Å². The molecule has 1 rings (SSSR count). The maximum absolute atomic E-state index is 12.3. The maximum Gasteiger partial charge on any atom is 0.245 e. The van der Waals surface area contributed by atoms with Crippen molar-refractivity contribution in [3.63, 3.8) is 0 Å². The summed E-state index contributed by atoms with van der Waals surface area (Å²) in [7, 11) is 0. The zero-order chi connectivity index (χ0) is 16.8. The van der Waals surface area contributed by atoms with Crippen LogP contribution in [0.3, 0.4) is 0 Å². The monoisotopic (exact) mass is 312 g/mol. The lowest BCUT2D eigenvalue weighted by Crippen LogP contribution is -2.55. The molecule has 22 heavy (non-hydrogen) atoms. The van der Waals surface area contributed by atoms with Crippen molar-refractivity contribution in [2.45, 2.75) is 77.9 Å². The molecule has 0 bridgehead atoms. The molecule has 0 spiro atoms. The average Bonchev–Trinajstić information content (AvgIpc) is 2.44. The third-order valence-corrected chi connectivity index (χ3v) is 4.46. The molecule has 0 aromatic heterocycles. The van der Waals surface area contributed by atoms with Crippen LogP contribution in [-0.2, 0) is 9.59 Å². The number of amides is 2. The molecule has 1 aliphatic carbocycles. The molecule has 3 N–H and O–H groups in total. The van der Waals surface area contributed by atoms with Crippen LogP contribution in [0, 0.1) is 11.8 Å². The Balaban J connectivity index is 2.39. The number of carbonyl (C=O) groups excluding carboxylic acids is 2. The fourth-order valence-electron chi connectivity index (χ4n) is 2.73. The van der Waals surface area contributed by atoms with E-state index in [-0.39, 0.29) is 24.2 Å². The van der Waals surface area contributed by atoms with Crippen LogP contribution in [0.5, 0.6) is 0 Å². The van der Waals surface area contributed by atoms with Gasteiger partial charge in [0.05, 0.1) is 12.5 Å². The van der Waals surface area contributed by atoms with E-state index in [2.05, 4.69) is 10.6 Å². The van der Waals surface area contributed by atoms with Crippen LogP contribution in [0.15, 0.2) is 0 Å². The van der Waals surface area contributed by atoms with Gasteiger partial charge >= 0.3 is 0 Å². The number of carbonyl (C=O) groups is 2. The Labute approximate surface area is 134 Å². The molecule has 5 nitrogen and oxygen atoms in total. The van der Waals surface area contributed by atoms with Crippen molar-refractivity contribution in [3.05, 3.63) is 0 Å². The van der Waals surface area contributed by atoms with Crippen LogP contribution in [0.2, 0.25) is 0 Å². The minimum Gasteiger partial charge on any atom is -0.392 e. The molecule has 0 saturated heterocycles. The van der Waals surface area contributed by atoms with E-state index in [1.165, 1.54) is 32.1 Å². The summed E-state index contributed by atoms with van der Waals surface area (Å²) >= 11 is 0. The first-order valence-corrected chi connectivity index (χ1v) is 8.49. The Morgan fingerprint density at radius 3 is 2.32 bits per heavy atom. The van der Waals surface area contributed by atoms with Crippen molar-refractivity contribution in [2.24, 2.45) is 11.8 Å². The lowest BCUT2D eigenvalue weighted by molar-refractivity contribution is -0.133. The largest absolute Gasteiger partial charge is 0.392 e. The first kappa shape index (κ1) is 18.9. The summed E-state index contributed by atoms with van der Waals surface area (Å²) < 4.78 is 0.